The summed E-state index contributed by atoms with van der Waals surface area (Å²) in [5, 5.41) is 3.98. The molecule has 1 aromatic heterocycles. The Morgan fingerprint density at radius 3 is 2.65 bits per heavy atom. The fourth-order valence-corrected chi connectivity index (χ4v) is 1.99. The number of hydrogen-bond acceptors (Lipinski definition) is 3. The number of rotatable bonds is 5. The van der Waals surface area contributed by atoms with Crippen LogP contribution >= 0.6 is 11.6 Å². The molecule has 0 aliphatic rings. The minimum atomic E-state index is 0.475. The molecular weight excluding hydrogens is 272 g/mol. The molecule has 0 radical (unpaired) electrons. The third-order valence-corrected chi connectivity index (χ3v) is 3.14. The quantitative estimate of drug-likeness (QED) is 0.890. The first kappa shape index (κ1) is 14.8. The van der Waals surface area contributed by atoms with Crippen LogP contribution in [-0.4, -0.2) is 11.0 Å². The summed E-state index contributed by atoms with van der Waals surface area (Å²) in [6.07, 6.45) is 3.23. The van der Waals surface area contributed by atoms with Crippen LogP contribution in [0.15, 0.2) is 36.7 Å². The number of aryl methyl sites for hydroxylation is 1. The minimum Gasteiger partial charge on any atom is -0.456 e. The van der Waals surface area contributed by atoms with Crippen LogP contribution in [0.3, 0.4) is 0 Å². The van der Waals surface area contributed by atoms with Crippen LogP contribution in [0.2, 0.25) is 5.02 Å². The molecule has 1 heterocycles. The van der Waals surface area contributed by atoms with E-state index in [2.05, 4.69) is 37.1 Å². The van der Waals surface area contributed by atoms with Crippen molar-refractivity contribution in [1.82, 2.24) is 10.3 Å². The van der Waals surface area contributed by atoms with Gasteiger partial charge in [0.25, 0.3) is 0 Å². The topological polar surface area (TPSA) is 34.1 Å². The lowest BCUT2D eigenvalue weighted by atomic mass is 10.1. The Kier molecular flexibility index (Phi) is 4.99. The van der Waals surface area contributed by atoms with Gasteiger partial charge in [0, 0.05) is 24.8 Å². The molecule has 0 saturated carbocycles. The van der Waals surface area contributed by atoms with Crippen LogP contribution in [0.4, 0.5) is 0 Å². The lowest BCUT2D eigenvalue weighted by Crippen LogP contribution is -2.22. The summed E-state index contributed by atoms with van der Waals surface area (Å²) in [7, 11) is 0. The van der Waals surface area contributed by atoms with Gasteiger partial charge in [-0.25, -0.2) is 0 Å². The van der Waals surface area contributed by atoms with Crippen molar-refractivity contribution < 1.29 is 4.74 Å². The summed E-state index contributed by atoms with van der Waals surface area (Å²) in [5.74, 6) is 1.44. The second-order valence-corrected chi connectivity index (χ2v) is 5.50. The van der Waals surface area contributed by atoms with Gasteiger partial charge in [0.05, 0.1) is 11.2 Å². The van der Waals surface area contributed by atoms with E-state index in [1.165, 1.54) is 11.1 Å². The Bertz CT molecular complexity index is 584. The van der Waals surface area contributed by atoms with Crippen molar-refractivity contribution in [3.8, 4) is 11.5 Å². The largest absolute Gasteiger partial charge is 0.456 e. The maximum Gasteiger partial charge on any atom is 0.147 e. The molecule has 0 aliphatic carbocycles. The Hall–Kier alpha value is -1.58. The highest BCUT2D eigenvalue weighted by Gasteiger charge is 2.04. The maximum atomic E-state index is 5.89. The molecule has 2 aromatic rings. The molecule has 3 nitrogen and oxygen atoms in total. The second-order valence-electron chi connectivity index (χ2n) is 5.06. The van der Waals surface area contributed by atoms with Crippen LogP contribution in [-0.2, 0) is 6.54 Å². The van der Waals surface area contributed by atoms with Gasteiger partial charge in [-0.2, -0.15) is 0 Å². The monoisotopic (exact) mass is 290 g/mol. The molecule has 0 fully saturated rings. The summed E-state index contributed by atoms with van der Waals surface area (Å²) in [6.45, 7) is 7.22. The number of halogens is 1. The standard InChI is InChI=1S/C16H19ClN2O/c1-11(2)19-8-13-4-5-15(6-12(13)3)20-16-7-14(17)9-18-10-16/h4-7,9-11,19H,8H2,1-3H3. The van der Waals surface area contributed by atoms with Crippen molar-refractivity contribution in [1.29, 1.82) is 0 Å². The Morgan fingerprint density at radius 1 is 1.20 bits per heavy atom. The average Bonchev–Trinajstić information content (AvgIpc) is 2.37. The second kappa shape index (κ2) is 6.73. The van der Waals surface area contributed by atoms with Gasteiger partial charge in [-0.1, -0.05) is 31.5 Å². The van der Waals surface area contributed by atoms with E-state index in [-0.39, 0.29) is 0 Å². The van der Waals surface area contributed by atoms with E-state index < -0.39 is 0 Å². The summed E-state index contributed by atoms with van der Waals surface area (Å²) < 4.78 is 5.75. The molecule has 20 heavy (non-hydrogen) atoms. The van der Waals surface area contributed by atoms with Crippen molar-refractivity contribution in [2.45, 2.75) is 33.4 Å². The molecule has 106 valence electrons. The van der Waals surface area contributed by atoms with Gasteiger partial charge in [0.2, 0.25) is 0 Å². The molecule has 0 bridgehead atoms. The van der Waals surface area contributed by atoms with Crippen LogP contribution in [0.1, 0.15) is 25.0 Å². The molecule has 1 aromatic carbocycles. The molecule has 1 N–H and O–H groups in total. The summed E-state index contributed by atoms with van der Waals surface area (Å²) >= 11 is 5.89. The number of nitrogens with one attached hydrogen (secondary N) is 1. The summed E-state index contributed by atoms with van der Waals surface area (Å²) in [4.78, 5) is 4.00. The minimum absolute atomic E-state index is 0.475. The van der Waals surface area contributed by atoms with Crippen LogP contribution < -0.4 is 10.1 Å². The van der Waals surface area contributed by atoms with Crippen molar-refractivity contribution >= 4 is 11.6 Å². The Balaban J connectivity index is 2.09. The smallest absolute Gasteiger partial charge is 0.147 e. The zero-order valence-corrected chi connectivity index (χ0v) is 12.7. The van der Waals surface area contributed by atoms with Gasteiger partial charge >= 0.3 is 0 Å². The van der Waals surface area contributed by atoms with E-state index in [1.807, 2.05) is 12.1 Å². The van der Waals surface area contributed by atoms with E-state index in [0.29, 0.717) is 16.8 Å². The fourth-order valence-electron chi connectivity index (χ4n) is 1.83. The third-order valence-electron chi connectivity index (χ3n) is 2.93. The van der Waals surface area contributed by atoms with Crippen LogP contribution in [0.5, 0.6) is 11.5 Å². The molecule has 0 spiro atoms. The lowest BCUT2D eigenvalue weighted by Gasteiger charge is -2.12. The number of pyridine rings is 1. The summed E-state index contributed by atoms with van der Waals surface area (Å²) in [5.41, 5.74) is 2.47. The average molecular weight is 291 g/mol. The van der Waals surface area contributed by atoms with Crippen molar-refractivity contribution in [2.75, 3.05) is 0 Å². The van der Waals surface area contributed by atoms with Crippen molar-refractivity contribution in [2.24, 2.45) is 0 Å². The molecule has 0 atom stereocenters. The highest BCUT2D eigenvalue weighted by molar-refractivity contribution is 6.30. The molecule has 4 heteroatoms. The van der Waals surface area contributed by atoms with Crippen LogP contribution in [0.25, 0.3) is 0 Å². The maximum absolute atomic E-state index is 5.89. The number of ether oxygens (including phenoxy) is 1. The van der Waals surface area contributed by atoms with Gasteiger partial charge in [-0.15, -0.1) is 0 Å². The number of hydrogen-bond donors (Lipinski definition) is 1. The SMILES string of the molecule is Cc1cc(Oc2cncc(Cl)c2)ccc1CNC(C)C. The molecule has 2 rings (SSSR count). The van der Waals surface area contributed by atoms with Gasteiger partial charge in [0.15, 0.2) is 0 Å². The van der Waals surface area contributed by atoms with E-state index in [0.717, 1.165) is 12.3 Å². The highest BCUT2D eigenvalue weighted by atomic mass is 35.5. The van der Waals surface area contributed by atoms with Gasteiger partial charge in [0.1, 0.15) is 11.5 Å². The van der Waals surface area contributed by atoms with E-state index >= 15 is 0 Å². The Morgan fingerprint density at radius 2 is 2.00 bits per heavy atom. The fraction of sp³-hybridized carbons (Fsp3) is 0.312. The van der Waals surface area contributed by atoms with Crippen molar-refractivity contribution in [3.63, 3.8) is 0 Å². The van der Waals surface area contributed by atoms with E-state index in [9.17, 15) is 0 Å². The summed E-state index contributed by atoms with van der Waals surface area (Å²) in [6, 6.07) is 8.29. The molecule has 0 saturated heterocycles. The van der Waals surface area contributed by atoms with Gasteiger partial charge < -0.3 is 10.1 Å². The van der Waals surface area contributed by atoms with Gasteiger partial charge in [-0.05, 0) is 30.2 Å². The van der Waals surface area contributed by atoms with E-state index in [4.69, 9.17) is 16.3 Å². The number of aromatic nitrogens is 1. The third kappa shape index (κ3) is 4.22. The zero-order valence-electron chi connectivity index (χ0n) is 12.0. The van der Waals surface area contributed by atoms with Crippen LogP contribution in [0, 0.1) is 6.92 Å². The van der Waals surface area contributed by atoms with E-state index in [1.54, 1.807) is 18.5 Å². The predicted molar refractivity (Wildman–Crippen MR) is 82.5 cm³/mol. The molecule has 0 amide bonds. The predicted octanol–water partition coefficient (Wildman–Crippen LogP) is 4.33. The first-order valence-corrected chi connectivity index (χ1v) is 7.03. The Labute approximate surface area is 124 Å². The lowest BCUT2D eigenvalue weighted by molar-refractivity contribution is 0.479. The zero-order chi connectivity index (χ0) is 14.5. The molecule has 0 aliphatic heterocycles. The number of benzene rings is 1. The first-order valence-electron chi connectivity index (χ1n) is 6.66. The number of nitrogens with zero attached hydrogens (tertiary/aromatic N) is 1. The van der Waals surface area contributed by atoms with Crippen molar-refractivity contribution in [3.05, 3.63) is 52.8 Å². The first-order chi connectivity index (χ1) is 9.54. The highest BCUT2D eigenvalue weighted by Crippen LogP contribution is 2.25. The van der Waals surface area contributed by atoms with Gasteiger partial charge in [-0.3, -0.25) is 4.98 Å². The molecule has 0 unspecified atom stereocenters. The molecular formula is C16H19ClN2O. The normalized spacial score (nSPS) is 10.8.